The molecule has 0 aliphatic heterocycles. The molecule has 0 fully saturated rings. The molecule has 0 saturated carbocycles. The predicted octanol–water partition coefficient (Wildman–Crippen LogP) is 4.75. The highest BCUT2D eigenvalue weighted by Gasteiger charge is 1.91. The van der Waals surface area contributed by atoms with Crippen LogP contribution < -0.4 is 0 Å². The standard InChI is InChI=1S/C15H20/c1-12(2)7-9-14(5)11-15(6)10-8-13(3)4/h7-10H,1,3,5-6,11H2,2,4H3/b9-7-,10-8-. The van der Waals surface area contributed by atoms with E-state index in [0.717, 1.165) is 28.7 Å². The first-order chi connectivity index (χ1) is 6.91. The van der Waals surface area contributed by atoms with Crippen molar-refractivity contribution in [1.29, 1.82) is 0 Å². The van der Waals surface area contributed by atoms with E-state index in [1.54, 1.807) is 0 Å². The summed E-state index contributed by atoms with van der Waals surface area (Å²) < 4.78 is 0. The van der Waals surface area contributed by atoms with Crippen LogP contribution in [-0.2, 0) is 0 Å². The molecule has 15 heavy (non-hydrogen) atoms. The summed E-state index contributed by atoms with van der Waals surface area (Å²) in [6.45, 7) is 19.4. The molecule has 0 spiro atoms. The molecule has 0 nitrogen and oxygen atoms in total. The van der Waals surface area contributed by atoms with E-state index in [1.807, 2.05) is 38.2 Å². The fourth-order valence-electron chi connectivity index (χ4n) is 0.930. The minimum atomic E-state index is 0.785. The number of allylic oxidation sites excluding steroid dienone is 8. The topological polar surface area (TPSA) is 0 Å². The summed E-state index contributed by atoms with van der Waals surface area (Å²) in [5.41, 5.74) is 4.13. The maximum Gasteiger partial charge on any atom is -0.00375 e. The van der Waals surface area contributed by atoms with Crippen molar-refractivity contribution in [2.45, 2.75) is 20.3 Å². The van der Waals surface area contributed by atoms with E-state index in [4.69, 9.17) is 0 Å². The lowest BCUT2D eigenvalue weighted by atomic mass is 10.1. The number of hydrogen-bond acceptors (Lipinski definition) is 0. The monoisotopic (exact) mass is 200 g/mol. The first kappa shape index (κ1) is 13.4. The second kappa shape index (κ2) is 6.83. The van der Waals surface area contributed by atoms with Gasteiger partial charge in [-0.25, -0.2) is 0 Å². The SMILES string of the molecule is C=C(C)/C=C\C(=C)CC(=C)/C=C\C(=C)C. The van der Waals surface area contributed by atoms with Crippen LogP contribution in [0.2, 0.25) is 0 Å². The lowest BCUT2D eigenvalue weighted by molar-refractivity contribution is 1.22. The van der Waals surface area contributed by atoms with Crippen molar-refractivity contribution in [3.63, 3.8) is 0 Å². The van der Waals surface area contributed by atoms with Gasteiger partial charge in [0, 0.05) is 0 Å². The van der Waals surface area contributed by atoms with Crippen LogP contribution in [0, 0.1) is 0 Å². The van der Waals surface area contributed by atoms with E-state index < -0.39 is 0 Å². The van der Waals surface area contributed by atoms with Crippen molar-refractivity contribution < 1.29 is 0 Å². The van der Waals surface area contributed by atoms with Gasteiger partial charge in [-0.15, -0.1) is 0 Å². The molecule has 0 amide bonds. The van der Waals surface area contributed by atoms with Gasteiger partial charge in [0.1, 0.15) is 0 Å². The van der Waals surface area contributed by atoms with Gasteiger partial charge in [0.05, 0.1) is 0 Å². The Hall–Kier alpha value is -1.56. The highest BCUT2D eigenvalue weighted by atomic mass is 14.0. The lowest BCUT2D eigenvalue weighted by Crippen LogP contribution is -1.80. The van der Waals surface area contributed by atoms with Crippen molar-refractivity contribution in [1.82, 2.24) is 0 Å². The van der Waals surface area contributed by atoms with E-state index >= 15 is 0 Å². The van der Waals surface area contributed by atoms with Crippen LogP contribution in [0.1, 0.15) is 20.3 Å². The summed E-state index contributed by atoms with van der Waals surface area (Å²) in [5, 5.41) is 0. The second-order valence-corrected chi connectivity index (χ2v) is 3.85. The molecule has 0 atom stereocenters. The summed E-state index contributed by atoms with van der Waals surface area (Å²) in [6.07, 6.45) is 8.65. The molecule has 0 bridgehead atoms. The second-order valence-electron chi connectivity index (χ2n) is 3.85. The first-order valence-electron chi connectivity index (χ1n) is 4.94. The number of hydrogen-bond donors (Lipinski definition) is 0. The molecule has 0 unspecified atom stereocenters. The molecule has 0 aliphatic carbocycles. The zero-order valence-corrected chi connectivity index (χ0v) is 9.84. The van der Waals surface area contributed by atoms with Crippen molar-refractivity contribution in [3.05, 3.63) is 72.9 Å². The predicted molar refractivity (Wildman–Crippen MR) is 70.8 cm³/mol. The van der Waals surface area contributed by atoms with Gasteiger partial charge in [0.15, 0.2) is 0 Å². The summed E-state index contributed by atoms with van der Waals surface area (Å²) in [4.78, 5) is 0. The number of rotatable bonds is 6. The molecular weight excluding hydrogens is 180 g/mol. The molecule has 0 aromatic heterocycles. The Morgan fingerprint density at radius 1 is 0.733 bits per heavy atom. The van der Waals surface area contributed by atoms with Gasteiger partial charge in [-0.3, -0.25) is 0 Å². The van der Waals surface area contributed by atoms with Crippen LogP contribution >= 0.6 is 0 Å². The molecule has 0 radical (unpaired) electrons. The van der Waals surface area contributed by atoms with Gasteiger partial charge >= 0.3 is 0 Å². The maximum atomic E-state index is 3.95. The van der Waals surface area contributed by atoms with E-state index in [-0.39, 0.29) is 0 Å². The van der Waals surface area contributed by atoms with Gasteiger partial charge in [0.25, 0.3) is 0 Å². The Balaban J connectivity index is 4.14. The summed E-state index contributed by atoms with van der Waals surface area (Å²) in [7, 11) is 0. The minimum absolute atomic E-state index is 0.785. The summed E-state index contributed by atoms with van der Waals surface area (Å²) >= 11 is 0. The molecule has 0 aliphatic rings. The molecule has 80 valence electrons. The highest BCUT2D eigenvalue weighted by Crippen LogP contribution is 2.11. The first-order valence-corrected chi connectivity index (χ1v) is 4.94. The highest BCUT2D eigenvalue weighted by molar-refractivity contribution is 5.31. The summed E-state index contributed by atoms with van der Waals surface area (Å²) in [6, 6.07) is 0. The van der Waals surface area contributed by atoms with Gasteiger partial charge in [0.2, 0.25) is 0 Å². The molecule has 0 saturated heterocycles. The smallest absolute Gasteiger partial charge is 0.00375 e. The Morgan fingerprint density at radius 2 is 1.07 bits per heavy atom. The average Bonchev–Trinajstić information content (AvgIpc) is 2.11. The molecule has 0 aromatic rings. The van der Waals surface area contributed by atoms with Crippen molar-refractivity contribution >= 4 is 0 Å². The fourth-order valence-corrected chi connectivity index (χ4v) is 0.930. The normalized spacial score (nSPS) is 10.8. The van der Waals surface area contributed by atoms with Crippen LogP contribution in [0.4, 0.5) is 0 Å². The van der Waals surface area contributed by atoms with Crippen LogP contribution in [0.15, 0.2) is 72.9 Å². The fraction of sp³-hybridized carbons (Fsp3) is 0.200. The van der Waals surface area contributed by atoms with Gasteiger partial charge < -0.3 is 0 Å². The quantitative estimate of drug-likeness (QED) is 0.543. The van der Waals surface area contributed by atoms with Gasteiger partial charge in [-0.05, 0) is 20.3 Å². The van der Waals surface area contributed by atoms with Crippen molar-refractivity contribution in [3.8, 4) is 0 Å². The Bertz CT molecular complexity index is 301. The molecule has 0 N–H and O–H groups in total. The minimum Gasteiger partial charge on any atom is -0.0961 e. The van der Waals surface area contributed by atoms with Crippen molar-refractivity contribution in [2.75, 3.05) is 0 Å². The van der Waals surface area contributed by atoms with E-state index in [9.17, 15) is 0 Å². The third-order valence-corrected chi connectivity index (χ3v) is 1.66. The Labute approximate surface area is 93.7 Å². The van der Waals surface area contributed by atoms with E-state index in [0.29, 0.717) is 0 Å². The van der Waals surface area contributed by atoms with E-state index in [1.165, 1.54) is 0 Å². The van der Waals surface area contributed by atoms with E-state index in [2.05, 4.69) is 26.3 Å². The average molecular weight is 200 g/mol. The lowest BCUT2D eigenvalue weighted by Gasteiger charge is -2.00. The molecule has 0 rings (SSSR count). The molecule has 0 heterocycles. The maximum absolute atomic E-state index is 3.95. The van der Waals surface area contributed by atoms with Crippen LogP contribution in [-0.4, -0.2) is 0 Å². The van der Waals surface area contributed by atoms with Gasteiger partial charge in [-0.2, -0.15) is 0 Å². The Kier molecular flexibility index (Phi) is 6.12. The summed E-state index contributed by atoms with van der Waals surface area (Å²) in [5.74, 6) is 0. The zero-order valence-electron chi connectivity index (χ0n) is 9.84. The molecular formula is C15H20. The van der Waals surface area contributed by atoms with Gasteiger partial charge in [-0.1, -0.05) is 72.9 Å². The Morgan fingerprint density at radius 3 is 1.33 bits per heavy atom. The van der Waals surface area contributed by atoms with Crippen LogP contribution in [0.5, 0.6) is 0 Å². The van der Waals surface area contributed by atoms with Crippen LogP contribution in [0.3, 0.4) is 0 Å². The third kappa shape index (κ3) is 8.76. The third-order valence-electron chi connectivity index (χ3n) is 1.66. The largest absolute Gasteiger partial charge is 0.0961 e. The zero-order chi connectivity index (χ0) is 11.8. The van der Waals surface area contributed by atoms with Crippen LogP contribution in [0.25, 0.3) is 0 Å². The molecule has 0 aromatic carbocycles. The molecule has 0 heteroatoms. The van der Waals surface area contributed by atoms with Crippen molar-refractivity contribution in [2.24, 2.45) is 0 Å².